The summed E-state index contributed by atoms with van der Waals surface area (Å²) >= 11 is 1.87. The summed E-state index contributed by atoms with van der Waals surface area (Å²) in [6.07, 6.45) is 2.45. The highest BCUT2D eigenvalue weighted by Crippen LogP contribution is 2.17. The molecule has 0 saturated heterocycles. The van der Waals surface area contributed by atoms with Crippen LogP contribution in [0, 0.1) is 6.92 Å². The van der Waals surface area contributed by atoms with Crippen LogP contribution in [0.3, 0.4) is 0 Å². The molecule has 0 radical (unpaired) electrons. The van der Waals surface area contributed by atoms with E-state index < -0.39 is 0 Å². The molecule has 1 aromatic heterocycles. The van der Waals surface area contributed by atoms with Gasteiger partial charge < -0.3 is 5.32 Å². The Morgan fingerprint density at radius 1 is 1.58 bits per heavy atom. The van der Waals surface area contributed by atoms with Gasteiger partial charge in [-0.25, -0.2) is 0 Å². The Balaban J connectivity index is 2.38. The van der Waals surface area contributed by atoms with Gasteiger partial charge in [0.05, 0.1) is 0 Å². The average molecular weight is 183 g/mol. The van der Waals surface area contributed by atoms with Crippen molar-refractivity contribution in [3.05, 3.63) is 21.9 Å². The van der Waals surface area contributed by atoms with Crippen molar-refractivity contribution in [2.75, 3.05) is 7.05 Å². The summed E-state index contributed by atoms with van der Waals surface area (Å²) in [6, 6.07) is 2.83. The normalized spacial score (nSPS) is 13.2. The van der Waals surface area contributed by atoms with Gasteiger partial charge in [0.1, 0.15) is 0 Å². The maximum absolute atomic E-state index is 3.25. The molecule has 0 aromatic carbocycles. The molecule has 0 fully saturated rings. The minimum absolute atomic E-state index is 0.631. The van der Waals surface area contributed by atoms with E-state index in [9.17, 15) is 0 Å². The molecule has 68 valence electrons. The summed E-state index contributed by atoms with van der Waals surface area (Å²) < 4.78 is 0. The molecule has 0 saturated carbocycles. The molecule has 0 spiro atoms. The lowest BCUT2D eigenvalue weighted by Gasteiger charge is -2.08. The van der Waals surface area contributed by atoms with Crippen LogP contribution in [0.25, 0.3) is 0 Å². The van der Waals surface area contributed by atoms with E-state index in [0.717, 1.165) is 0 Å². The second kappa shape index (κ2) is 4.63. The van der Waals surface area contributed by atoms with Crippen LogP contribution in [-0.2, 0) is 6.42 Å². The fraction of sp³-hybridized carbons (Fsp3) is 0.600. The Hall–Kier alpha value is -0.340. The van der Waals surface area contributed by atoms with Crippen LogP contribution in [0.1, 0.15) is 23.8 Å². The number of hydrogen-bond acceptors (Lipinski definition) is 2. The number of thiophene rings is 1. The zero-order chi connectivity index (χ0) is 8.97. The van der Waals surface area contributed by atoms with Crippen molar-refractivity contribution in [1.82, 2.24) is 5.32 Å². The molecule has 1 unspecified atom stereocenters. The molecule has 1 N–H and O–H groups in total. The second-order valence-electron chi connectivity index (χ2n) is 3.26. The number of hydrogen-bond donors (Lipinski definition) is 1. The van der Waals surface area contributed by atoms with E-state index >= 15 is 0 Å². The lowest BCUT2D eigenvalue weighted by atomic mass is 10.1. The Labute approximate surface area is 78.8 Å². The van der Waals surface area contributed by atoms with E-state index in [-0.39, 0.29) is 0 Å². The molecular weight excluding hydrogens is 166 g/mol. The Morgan fingerprint density at radius 3 is 2.83 bits per heavy atom. The monoisotopic (exact) mass is 183 g/mol. The van der Waals surface area contributed by atoms with Crippen LogP contribution in [0.15, 0.2) is 11.4 Å². The van der Waals surface area contributed by atoms with E-state index in [2.05, 4.69) is 30.6 Å². The highest BCUT2D eigenvalue weighted by atomic mass is 32.1. The van der Waals surface area contributed by atoms with Crippen molar-refractivity contribution in [2.45, 2.75) is 32.7 Å². The molecule has 0 amide bonds. The highest BCUT2D eigenvalue weighted by Gasteiger charge is 2.02. The van der Waals surface area contributed by atoms with Gasteiger partial charge in [-0.1, -0.05) is 0 Å². The minimum atomic E-state index is 0.631. The van der Waals surface area contributed by atoms with Crippen LogP contribution in [0.4, 0.5) is 0 Å². The minimum Gasteiger partial charge on any atom is -0.317 e. The first-order valence-electron chi connectivity index (χ1n) is 4.44. The molecule has 1 aromatic rings. The van der Waals surface area contributed by atoms with Crippen LogP contribution in [0.2, 0.25) is 0 Å². The van der Waals surface area contributed by atoms with Gasteiger partial charge in [0.25, 0.3) is 0 Å². The van der Waals surface area contributed by atoms with Crippen molar-refractivity contribution in [3.63, 3.8) is 0 Å². The van der Waals surface area contributed by atoms with E-state index in [4.69, 9.17) is 0 Å². The SMILES string of the molecule is CNC(C)CCc1sccc1C. The summed E-state index contributed by atoms with van der Waals surface area (Å²) in [5.74, 6) is 0. The topological polar surface area (TPSA) is 12.0 Å². The maximum Gasteiger partial charge on any atom is 0.00749 e. The van der Waals surface area contributed by atoms with Gasteiger partial charge in [-0.3, -0.25) is 0 Å². The Morgan fingerprint density at radius 2 is 2.33 bits per heavy atom. The summed E-state index contributed by atoms with van der Waals surface area (Å²) in [5.41, 5.74) is 1.45. The summed E-state index contributed by atoms with van der Waals surface area (Å²) in [5, 5.41) is 5.43. The first-order valence-corrected chi connectivity index (χ1v) is 5.32. The smallest absolute Gasteiger partial charge is 0.00749 e. The first-order chi connectivity index (χ1) is 5.74. The molecule has 1 atom stereocenters. The molecule has 1 rings (SSSR count). The quantitative estimate of drug-likeness (QED) is 0.756. The summed E-state index contributed by atoms with van der Waals surface area (Å²) in [7, 11) is 2.02. The lowest BCUT2D eigenvalue weighted by molar-refractivity contribution is 0.567. The molecule has 0 aliphatic heterocycles. The second-order valence-corrected chi connectivity index (χ2v) is 4.26. The molecule has 0 bridgehead atoms. The molecule has 0 aliphatic rings. The zero-order valence-corrected chi connectivity index (χ0v) is 8.87. The number of aryl methyl sites for hydroxylation is 2. The van der Waals surface area contributed by atoms with Crippen LogP contribution < -0.4 is 5.32 Å². The van der Waals surface area contributed by atoms with E-state index in [0.29, 0.717) is 6.04 Å². The molecule has 12 heavy (non-hydrogen) atoms. The van der Waals surface area contributed by atoms with Crippen LogP contribution in [0.5, 0.6) is 0 Å². The first kappa shape index (κ1) is 9.75. The van der Waals surface area contributed by atoms with Gasteiger partial charge in [0.15, 0.2) is 0 Å². The molecule has 2 heteroatoms. The highest BCUT2D eigenvalue weighted by molar-refractivity contribution is 7.10. The van der Waals surface area contributed by atoms with E-state index in [1.165, 1.54) is 23.3 Å². The third kappa shape index (κ3) is 2.61. The predicted molar refractivity (Wildman–Crippen MR) is 55.9 cm³/mol. The van der Waals surface area contributed by atoms with Gasteiger partial charge >= 0.3 is 0 Å². The van der Waals surface area contributed by atoms with Gasteiger partial charge in [0.2, 0.25) is 0 Å². The van der Waals surface area contributed by atoms with Crippen LogP contribution in [-0.4, -0.2) is 13.1 Å². The van der Waals surface area contributed by atoms with Crippen molar-refractivity contribution >= 4 is 11.3 Å². The summed E-state index contributed by atoms with van der Waals surface area (Å²) in [6.45, 7) is 4.42. The lowest BCUT2D eigenvalue weighted by Crippen LogP contribution is -2.21. The van der Waals surface area contributed by atoms with Crippen molar-refractivity contribution < 1.29 is 0 Å². The third-order valence-electron chi connectivity index (χ3n) is 2.27. The number of rotatable bonds is 4. The Kier molecular flexibility index (Phi) is 3.76. The van der Waals surface area contributed by atoms with Gasteiger partial charge in [-0.05, 0) is 50.7 Å². The maximum atomic E-state index is 3.25. The van der Waals surface area contributed by atoms with Crippen molar-refractivity contribution in [2.24, 2.45) is 0 Å². The molecule has 0 aliphatic carbocycles. The largest absolute Gasteiger partial charge is 0.317 e. The van der Waals surface area contributed by atoms with E-state index in [1.807, 2.05) is 18.4 Å². The van der Waals surface area contributed by atoms with Crippen molar-refractivity contribution in [3.8, 4) is 0 Å². The fourth-order valence-corrected chi connectivity index (χ4v) is 2.08. The Bertz CT molecular complexity index is 229. The third-order valence-corrected chi connectivity index (χ3v) is 3.35. The average Bonchev–Trinajstić information content (AvgIpc) is 2.47. The summed E-state index contributed by atoms with van der Waals surface area (Å²) in [4.78, 5) is 1.54. The molecular formula is C10H17NS. The number of nitrogens with one attached hydrogen (secondary N) is 1. The van der Waals surface area contributed by atoms with Crippen molar-refractivity contribution in [1.29, 1.82) is 0 Å². The predicted octanol–water partition coefficient (Wildman–Crippen LogP) is 2.60. The molecule has 1 nitrogen and oxygen atoms in total. The van der Waals surface area contributed by atoms with Gasteiger partial charge in [-0.15, -0.1) is 11.3 Å². The van der Waals surface area contributed by atoms with Gasteiger partial charge in [-0.2, -0.15) is 0 Å². The van der Waals surface area contributed by atoms with E-state index in [1.54, 1.807) is 0 Å². The molecule has 1 heterocycles. The fourth-order valence-electron chi connectivity index (χ4n) is 1.15. The standard InChI is InChI=1S/C10H17NS/c1-8-6-7-12-10(8)5-4-9(2)11-3/h6-7,9,11H,4-5H2,1-3H3. The van der Waals surface area contributed by atoms with Gasteiger partial charge in [0, 0.05) is 10.9 Å². The van der Waals surface area contributed by atoms with Crippen LogP contribution >= 0.6 is 11.3 Å². The zero-order valence-electron chi connectivity index (χ0n) is 8.05.